The number of allylic oxidation sites excluding steroid dienone is 1. The van der Waals surface area contributed by atoms with Crippen molar-refractivity contribution in [2.75, 3.05) is 0 Å². The first-order valence-electron chi connectivity index (χ1n) is 7.89. The molecule has 0 bridgehead atoms. The average molecular weight is 324 g/mol. The number of aromatic hydroxyl groups is 1. The van der Waals surface area contributed by atoms with Gasteiger partial charge in [0.2, 0.25) is 0 Å². The topological polar surface area (TPSA) is 61.4 Å². The van der Waals surface area contributed by atoms with E-state index in [0.29, 0.717) is 5.56 Å². The standard InChI is InChI=1S/C20H24N2O2/c1-14(2)15-9-7-10-17(12-15)20(3,4)22-19(24)21-13-16-8-5-6-11-18(16)23/h5-12,23H,1,13H2,2-4H3,(H2,21,22,24). The Bertz CT molecular complexity index is 751. The molecular formula is C20H24N2O2. The highest BCUT2D eigenvalue weighted by atomic mass is 16.3. The minimum Gasteiger partial charge on any atom is -0.508 e. The third-order valence-corrected chi connectivity index (χ3v) is 3.93. The van der Waals surface area contributed by atoms with Crippen LogP contribution in [0.4, 0.5) is 4.79 Å². The first kappa shape index (κ1) is 17.6. The van der Waals surface area contributed by atoms with Crippen LogP contribution in [0.15, 0.2) is 55.1 Å². The molecule has 0 spiro atoms. The number of carbonyl (C=O) groups excluding carboxylic acids is 1. The number of amides is 2. The van der Waals surface area contributed by atoms with Crippen molar-refractivity contribution >= 4 is 11.6 Å². The molecule has 24 heavy (non-hydrogen) atoms. The maximum Gasteiger partial charge on any atom is 0.315 e. The van der Waals surface area contributed by atoms with Crippen molar-refractivity contribution in [3.8, 4) is 5.75 Å². The van der Waals surface area contributed by atoms with E-state index in [4.69, 9.17) is 0 Å². The molecule has 0 atom stereocenters. The Balaban J connectivity index is 2.03. The van der Waals surface area contributed by atoms with Gasteiger partial charge in [0, 0.05) is 12.1 Å². The van der Waals surface area contributed by atoms with E-state index in [9.17, 15) is 9.90 Å². The van der Waals surface area contributed by atoms with E-state index in [-0.39, 0.29) is 18.3 Å². The number of para-hydroxylation sites is 1. The van der Waals surface area contributed by atoms with E-state index in [1.165, 1.54) is 0 Å². The predicted octanol–water partition coefficient (Wildman–Crippen LogP) is 4.16. The van der Waals surface area contributed by atoms with Gasteiger partial charge in [0.25, 0.3) is 0 Å². The maximum atomic E-state index is 12.2. The lowest BCUT2D eigenvalue weighted by Gasteiger charge is -2.27. The third-order valence-electron chi connectivity index (χ3n) is 3.93. The molecule has 2 aromatic rings. The fourth-order valence-corrected chi connectivity index (χ4v) is 2.41. The van der Waals surface area contributed by atoms with Gasteiger partial charge in [-0.1, -0.05) is 48.6 Å². The highest BCUT2D eigenvalue weighted by Crippen LogP contribution is 2.23. The van der Waals surface area contributed by atoms with Crippen LogP contribution in [0.25, 0.3) is 5.57 Å². The van der Waals surface area contributed by atoms with Gasteiger partial charge >= 0.3 is 6.03 Å². The van der Waals surface area contributed by atoms with Gasteiger partial charge in [0.1, 0.15) is 5.75 Å². The summed E-state index contributed by atoms with van der Waals surface area (Å²) in [6.07, 6.45) is 0. The number of phenolic OH excluding ortho intramolecular Hbond substituents is 1. The van der Waals surface area contributed by atoms with Crippen LogP contribution in [0.2, 0.25) is 0 Å². The van der Waals surface area contributed by atoms with Crippen molar-refractivity contribution in [3.05, 3.63) is 71.8 Å². The summed E-state index contributed by atoms with van der Waals surface area (Å²) < 4.78 is 0. The number of hydrogen-bond acceptors (Lipinski definition) is 2. The Morgan fingerprint density at radius 2 is 1.88 bits per heavy atom. The van der Waals surface area contributed by atoms with Crippen LogP contribution in [-0.4, -0.2) is 11.1 Å². The van der Waals surface area contributed by atoms with Gasteiger partial charge in [-0.15, -0.1) is 0 Å². The molecule has 2 rings (SSSR count). The molecule has 4 nitrogen and oxygen atoms in total. The molecule has 0 unspecified atom stereocenters. The summed E-state index contributed by atoms with van der Waals surface area (Å²) in [4.78, 5) is 12.2. The normalized spacial score (nSPS) is 11.0. The first-order chi connectivity index (χ1) is 11.3. The lowest BCUT2D eigenvalue weighted by molar-refractivity contribution is 0.229. The molecular weight excluding hydrogens is 300 g/mol. The largest absolute Gasteiger partial charge is 0.508 e. The second kappa shape index (κ2) is 7.21. The average Bonchev–Trinajstić information content (AvgIpc) is 2.54. The molecule has 0 fully saturated rings. The quantitative estimate of drug-likeness (QED) is 0.773. The van der Waals surface area contributed by atoms with E-state index in [1.807, 2.05) is 51.1 Å². The maximum absolute atomic E-state index is 12.2. The predicted molar refractivity (Wildman–Crippen MR) is 97.7 cm³/mol. The Kier molecular flexibility index (Phi) is 5.29. The summed E-state index contributed by atoms with van der Waals surface area (Å²) in [6.45, 7) is 10.1. The van der Waals surface area contributed by atoms with Gasteiger partial charge in [-0.3, -0.25) is 0 Å². The van der Waals surface area contributed by atoms with Gasteiger partial charge in [-0.05, 0) is 44.0 Å². The van der Waals surface area contributed by atoms with E-state index in [1.54, 1.807) is 18.2 Å². The van der Waals surface area contributed by atoms with Gasteiger partial charge in [0.05, 0.1) is 5.54 Å². The fourth-order valence-electron chi connectivity index (χ4n) is 2.41. The highest BCUT2D eigenvalue weighted by Gasteiger charge is 2.23. The summed E-state index contributed by atoms with van der Waals surface area (Å²) in [7, 11) is 0. The molecule has 126 valence electrons. The monoisotopic (exact) mass is 324 g/mol. The van der Waals surface area contributed by atoms with E-state index in [2.05, 4.69) is 17.2 Å². The molecule has 0 heterocycles. The van der Waals surface area contributed by atoms with E-state index < -0.39 is 5.54 Å². The van der Waals surface area contributed by atoms with Crippen LogP contribution in [0.5, 0.6) is 5.75 Å². The van der Waals surface area contributed by atoms with Crippen LogP contribution >= 0.6 is 0 Å². The zero-order valence-electron chi connectivity index (χ0n) is 14.4. The van der Waals surface area contributed by atoms with Crippen LogP contribution in [0.3, 0.4) is 0 Å². The molecule has 0 aliphatic carbocycles. The van der Waals surface area contributed by atoms with E-state index in [0.717, 1.165) is 16.7 Å². The van der Waals surface area contributed by atoms with Crippen LogP contribution in [0.1, 0.15) is 37.5 Å². The lowest BCUT2D eigenvalue weighted by atomic mass is 9.92. The minimum atomic E-state index is -0.533. The lowest BCUT2D eigenvalue weighted by Crippen LogP contribution is -2.46. The summed E-state index contributed by atoms with van der Waals surface area (Å²) in [5.41, 5.74) is 3.18. The zero-order valence-corrected chi connectivity index (χ0v) is 14.4. The molecule has 0 radical (unpaired) electrons. The van der Waals surface area contributed by atoms with Crippen molar-refractivity contribution in [1.29, 1.82) is 0 Å². The van der Waals surface area contributed by atoms with Gasteiger partial charge in [0.15, 0.2) is 0 Å². The van der Waals surface area contributed by atoms with Crippen molar-refractivity contribution in [2.45, 2.75) is 32.9 Å². The summed E-state index contributed by atoms with van der Waals surface area (Å²) in [5, 5.41) is 15.5. The SMILES string of the molecule is C=C(C)c1cccc(C(C)(C)NC(=O)NCc2ccccc2O)c1. The second-order valence-electron chi connectivity index (χ2n) is 6.42. The molecule has 4 heteroatoms. The Hall–Kier alpha value is -2.75. The number of benzene rings is 2. The Labute approximate surface area is 143 Å². The molecule has 0 saturated heterocycles. The van der Waals surface area contributed by atoms with Crippen LogP contribution < -0.4 is 10.6 Å². The number of carbonyl (C=O) groups is 1. The first-order valence-corrected chi connectivity index (χ1v) is 7.89. The smallest absolute Gasteiger partial charge is 0.315 e. The Morgan fingerprint density at radius 1 is 1.17 bits per heavy atom. The van der Waals surface area contributed by atoms with Crippen LogP contribution in [0, 0.1) is 0 Å². The van der Waals surface area contributed by atoms with Crippen molar-refractivity contribution in [2.24, 2.45) is 0 Å². The number of nitrogens with one attached hydrogen (secondary N) is 2. The number of hydrogen-bond donors (Lipinski definition) is 3. The van der Waals surface area contributed by atoms with Crippen molar-refractivity contribution < 1.29 is 9.90 Å². The molecule has 0 saturated carbocycles. The molecule has 0 aliphatic rings. The minimum absolute atomic E-state index is 0.172. The Morgan fingerprint density at radius 3 is 2.54 bits per heavy atom. The fraction of sp³-hybridized carbons (Fsp3) is 0.250. The molecule has 2 amide bonds. The summed E-state index contributed by atoms with van der Waals surface area (Å²) >= 11 is 0. The molecule has 0 aliphatic heterocycles. The third kappa shape index (κ3) is 4.38. The van der Waals surface area contributed by atoms with E-state index >= 15 is 0 Å². The van der Waals surface area contributed by atoms with Crippen molar-refractivity contribution in [1.82, 2.24) is 10.6 Å². The summed E-state index contributed by atoms with van der Waals surface area (Å²) in [5.74, 6) is 0.172. The number of rotatable bonds is 5. The second-order valence-corrected chi connectivity index (χ2v) is 6.42. The zero-order chi connectivity index (χ0) is 17.7. The highest BCUT2D eigenvalue weighted by molar-refractivity contribution is 5.75. The molecule has 3 N–H and O–H groups in total. The van der Waals surface area contributed by atoms with Crippen molar-refractivity contribution in [3.63, 3.8) is 0 Å². The molecule has 0 aromatic heterocycles. The molecule has 2 aromatic carbocycles. The number of phenols is 1. The number of urea groups is 1. The van der Waals surface area contributed by atoms with Gasteiger partial charge in [-0.2, -0.15) is 0 Å². The van der Waals surface area contributed by atoms with Gasteiger partial charge in [-0.25, -0.2) is 4.79 Å². The summed E-state index contributed by atoms with van der Waals surface area (Å²) in [6, 6.07) is 14.6. The van der Waals surface area contributed by atoms with Gasteiger partial charge < -0.3 is 15.7 Å². The van der Waals surface area contributed by atoms with Crippen LogP contribution in [-0.2, 0) is 12.1 Å².